The predicted molar refractivity (Wildman–Crippen MR) is 124 cm³/mol. The molecular weight excluding hydrogens is 378 g/mol. The molecule has 30 heavy (non-hydrogen) atoms. The van der Waals surface area contributed by atoms with Gasteiger partial charge in [-0.25, -0.2) is 4.79 Å². The summed E-state index contributed by atoms with van der Waals surface area (Å²) < 4.78 is 9.75. The first-order chi connectivity index (χ1) is 14.2. The third-order valence-corrected chi connectivity index (χ3v) is 4.48. The molecule has 0 bridgehead atoms. The van der Waals surface area contributed by atoms with Gasteiger partial charge in [0.25, 0.3) is 0 Å². The Morgan fingerprint density at radius 1 is 0.733 bits per heavy atom. The van der Waals surface area contributed by atoms with Crippen molar-refractivity contribution in [1.82, 2.24) is 5.32 Å². The summed E-state index contributed by atoms with van der Waals surface area (Å²) in [6.07, 6.45) is 14.6. The molecule has 0 fully saturated rings. The molecule has 0 aliphatic rings. The van der Waals surface area contributed by atoms with Crippen molar-refractivity contribution >= 4 is 12.1 Å². The third kappa shape index (κ3) is 17.8. The Morgan fingerprint density at radius 3 is 1.73 bits per heavy atom. The van der Waals surface area contributed by atoms with Gasteiger partial charge in [-0.05, 0) is 86.1 Å². The molecule has 0 unspecified atom stereocenters. The Balaban J connectivity index is 4.01. The van der Waals surface area contributed by atoms with Gasteiger partial charge in [0.2, 0.25) is 0 Å². The number of rotatable bonds is 14. The molecule has 5 nitrogen and oxygen atoms in total. The van der Waals surface area contributed by atoms with Gasteiger partial charge in [0.05, 0.1) is 6.61 Å². The fourth-order valence-corrected chi connectivity index (χ4v) is 2.65. The van der Waals surface area contributed by atoms with Crippen LogP contribution in [0, 0.1) is 0 Å². The summed E-state index contributed by atoms with van der Waals surface area (Å²) in [5.41, 5.74) is 5.43. The highest BCUT2D eigenvalue weighted by atomic mass is 16.6. The second-order valence-electron chi connectivity index (χ2n) is 7.81. The topological polar surface area (TPSA) is 64.6 Å². The number of allylic oxidation sites excluding steroid dienone is 7. The van der Waals surface area contributed by atoms with Crippen molar-refractivity contribution in [3.05, 3.63) is 46.6 Å². The lowest BCUT2D eigenvalue weighted by molar-refractivity contribution is -0.141. The van der Waals surface area contributed by atoms with E-state index >= 15 is 0 Å². The van der Waals surface area contributed by atoms with Crippen molar-refractivity contribution in [3.63, 3.8) is 0 Å². The summed E-state index contributed by atoms with van der Waals surface area (Å²) in [7, 11) is 0. The van der Waals surface area contributed by atoms with Crippen LogP contribution >= 0.6 is 0 Å². The summed E-state index contributed by atoms with van der Waals surface area (Å²) in [5, 5.41) is 2.36. The van der Waals surface area contributed by atoms with E-state index in [4.69, 9.17) is 9.47 Å². The number of hydrogen-bond acceptors (Lipinski definition) is 4. The molecule has 0 saturated carbocycles. The molecule has 0 aliphatic heterocycles. The van der Waals surface area contributed by atoms with E-state index in [0.29, 0.717) is 6.61 Å². The number of amides is 1. The Morgan fingerprint density at radius 2 is 1.23 bits per heavy atom. The fourth-order valence-electron chi connectivity index (χ4n) is 2.65. The molecule has 1 amide bonds. The van der Waals surface area contributed by atoms with E-state index in [1.807, 2.05) is 13.0 Å². The minimum Gasteiger partial charge on any atom is -0.465 e. The van der Waals surface area contributed by atoms with Gasteiger partial charge in [0.1, 0.15) is 13.2 Å². The lowest BCUT2D eigenvalue weighted by Gasteiger charge is -2.06. The number of hydrogen-bond donors (Lipinski definition) is 1. The van der Waals surface area contributed by atoms with E-state index in [9.17, 15) is 9.59 Å². The maximum absolute atomic E-state index is 11.5. The average Bonchev–Trinajstić information content (AvgIpc) is 2.66. The second-order valence-corrected chi connectivity index (χ2v) is 7.81. The largest absolute Gasteiger partial charge is 0.465 e. The number of esters is 1. The van der Waals surface area contributed by atoms with Gasteiger partial charge < -0.3 is 14.8 Å². The molecule has 0 radical (unpaired) electrons. The van der Waals surface area contributed by atoms with E-state index in [1.54, 1.807) is 6.92 Å². The van der Waals surface area contributed by atoms with Gasteiger partial charge in [0, 0.05) is 0 Å². The molecule has 5 heteroatoms. The van der Waals surface area contributed by atoms with Gasteiger partial charge in [-0.15, -0.1) is 0 Å². The highest BCUT2D eigenvalue weighted by molar-refractivity contribution is 5.77. The first kappa shape index (κ1) is 27.7. The number of alkyl carbamates (subject to hydrolysis) is 1. The van der Waals surface area contributed by atoms with Crippen LogP contribution in [0.25, 0.3) is 0 Å². The Labute approximate surface area is 183 Å². The van der Waals surface area contributed by atoms with Crippen LogP contribution in [-0.4, -0.2) is 31.8 Å². The maximum atomic E-state index is 11.5. The van der Waals surface area contributed by atoms with Crippen molar-refractivity contribution in [2.24, 2.45) is 0 Å². The lowest BCUT2D eigenvalue weighted by atomic mass is 10.0. The highest BCUT2D eigenvalue weighted by Gasteiger charge is 2.05. The maximum Gasteiger partial charge on any atom is 0.407 e. The standard InChI is InChI=1S/C25H41NO4/c1-7-29-24(27)19-26-25(28)30-18-17-23(6)16-10-15-22(5)14-9-13-21(4)12-8-11-20(2)3/h11,13,15,17H,7-10,12,14,16,18-19H2,1-6H3,(H,26,28). The van der Waals surface area contributed by atoms with Crippen molar-refractivity contribution in [2.45, 2.75) is 80.1 Å². The molecule has 1 N–H and O–H groups in total. The van der Waals surface area contributed by atoms with Gasteiger partial charge in [0.15, 0.2) is 0 Å². The molecule has 0 aliphatic carbocycles. The van der Waals surface area contributed by atoms with Gasteiger partial charge >= 0.3 is 12.1 Å². The minimum absolute atomic E-state index is 0.177. The zero-order chi connectivity index (χ0) is 22.8. The van der Waals surface area contributed by atoms with Crippen molar-refractivity contribution < 1.29 is 19.1 Å². The van der Waals surface area contributed by atoms with Crippen molar-refractivity contribution in [2.75, 3.05) is 19.8 Å². The smallest absolute Gasteiger partial charge is 0.407 e. The van der Waals surface area contributed by atoms with Crippen LogP contribution in [0.3, 0.4) is 0 Å². The molecule has 0 aromatic rings. The molecular formula is C25H41NO4. The normalized spacial score (nSPS) is 12.4. The molecule has 0 heterocycles. The van der Waals surface area contributed by atoms with Crippen LogP contribution in [0.15, 0.2) is 46.6 Å². The molecule has 0 spiro atoms. The monoisotopic (exact) mass is 419 g/mol. The van der Waals surface area contributed by atoms with Crippen LogP contribution in [0.4, 0.5) is 4.79 Å². The summed E-state index contributed by atoms with van der Waals surface area (Å²) in [5.74, 6) is -0.474. The fraction of sp³-hybridized carbons (Fsp3) is 0.600. The molecule has 0 aromatic heterocycles. The number of carbonyl (C=O) groups excluding carboxylic acids is 2. The van der Waals surface area contributed by atoms with E-state index in [-0.39, 0.29) is 13.2 Å². The van der Waals surface area contributed by atoms with Crippen LogP contribution in [0.1, 0.15) is 80.1 Å². The zero-order valence-corrected chi connectivity index (χ0v) is 19.8. The first-order valence-electron chi connectivity index (χ1n) is 10.9. The summed E-state index contributed by atoms with van der Waals surface area (Å²) in [6, 6.07) is 0. The number of ether oxygens (including phenoxy) is 2. The Kier molecular flexibility index (Phi) is 16.2. The Bertz CT molecular complexity index is 638. The van der Waals surface area contributed by atoms with E-state index in [2.05, 4.69) is 51.2 Å². The highest BCUT2D eigenvalue weighted by Crippen LogP contribution is 2.13. The third-order valence-electron chi connectivity index (χ3n) is 4.48. The number of nitrogens with one attached hydrogen (secondary N) is 1. The quantitative estimate of drug-likeness (QED) is 0.260. The molecule has 170 valence electrons. The van der Waals surface area contributed by atoms with Gasteiger partial charge in [-0.3, -0.25) is 4.79 Å². The number of carbonyl (C=O) groups is 2. The summed E-state index contributed by atoms with van der Waals surface area (Å²) in [6.45, 7) is 12.7. The Hall–Kier alpha value is -2.30. The van der Waals surface area contributed by atoms with Crippen molar-refractivity contribution in [3.8, 4) is 0 Å². The molecule has 0 saturated heterocycles. The van der Waals surface area contributed by atoms with Crippen LogP contribution < -0.4 is 5.32 Å². The van der Waals surface area contributed by atoms with Crippen molar-refractivity contribution in [1.29, 1.82) is 0 Å². The molecule has 0 aromatic carbocycles. The first-order valence-corrected chi connectivity index (χ1v) is 10.9. The van der Waals surface area contributed by atoms with Crippen LogP contribution in [0.2, 0.25) is 0 Å². The zero-order valence-electron chi connectivity index (χ0n) is 19.8. The second kappa shape index (κ2) is 17.5. The molecule has 0 rings (SSSR count). The van der Waals surface area contributed by atoms with E-state index in [1.165, 1.54) is 22.3 Å². The van der Waals surface area contributed by atoms with E-state index in [0.717, 1.165) is 38.5 Å². The van der Waals surface area contributed by atoms with E-state index < -0.39 is 12.1 Å². The summed E-state index contributed by atoms with van der Waals surface area (Å²) >= 11 is 0. The van der Waals surface area contributed by atoms with Crippen LogP contribution in [-0.2, 0) is 14.3 Å². The lowest BCUT2D eigenvalue weighted by Crippen LogP contribution is -2.31. The molecule has 0 atom stereocenters. The van der Waals surface area contributed by atoms with Gasteiger partial charge in [-0.2, -0.15) is 0 Å². The predicted octanol–water partition coefficient (Wildman–Crippen LogP) is 6.42. The SMILES string of the molecule is CCOC(=O)CNC(=O)OCC=C(C)CCC=C(C)CCC=C(C)CCC=C(C)C. The van der Waals surface area contributed by atoms with Crippen LogP contribution in [0.5, 0.6) is 0 Å². The summed E-state index contributed by atoms with van der Waals surface area (Å²) in [4.78, 5) is 22.6. The minimum atomic E-state index is -0.618. The average molecular weight is 420 g/mol. The van der Waals surface area contributed by atoms with Gasteiger partial charge in [-0.1, -0.05) is 40.5 Å².